The summed E-state index contributed by atoms with van der Waals surface area (Å²) >= 11 is 6.84. The van der Waals surface area contributed by atoms with Gasteiger partial charge in [-0.3, -0.25) is 9.69 Å². The van der Waals surface area contributed by atoms with Crippen LogP contribution < -0.4 is 10.1 Å². The molecule has 1 aromatic carbocycles. The molecule has 1 aromatic heterocycles. The summed E-state index contributed by atoms with van der Waals surface area (Å²) in [6.07, 6.45) is 15.7. The molecular weight excluding hydrogens is 562 g/mol. The van der Waals surface area contributed by atoms with Crippen LogP contribution in [0, 0.1) is 12.3 Å². The standard InChI is InChI=1S/C34H42ClN5O3/c1-3-4-13-38(2)14-5-6-32(41)40-21-27(22-40)39-15-8-24(9-16-39)26-19-30(35)33-31(20-26)37-34-29(23-43-33)28(7-12-36-34)25-10-17-42-18-11-25/h1,5-7,12,19-20,24-25,27H,4,8-11,13-18,21-23H2,2H3,(H,36,37)/b6-5+. The Labute approximate surface area is 260 Å². The molecule has 3 fully saturated rings. The van der Waals surface area contributed by atoms with Crippen LogP contribution in [0.15, 0.2) is 36.5 Å². The molecule has 3 saturated heterocycles. The predicted molar refractivity (Wildman–Crippen MR) is 170 cm³/mol. The summed E-state index contributed by atoms with van der Waals surface area (Å²) in [5, 5.41) is 4.22. The van der Waals surface area contributed by atoms with E-state index in [-0.39, 0.29) is 5.91 Å². The van der Waals surface area contributed by atoms with Crippen molar-refractivity contribution in [1.29, 1.82) is 0 Å². The second-order valence-electron chi connectivity index (χ2n) is 12.2. The fourth-order valence-electron chi connectivity index (χ4n) is 6.77. The summed E-state index contributed by atoms with van der Waals surface area (Å²) in [5.74, 6) is 5.20. The first-order chi connectivity index (χ1) is 21.0. The molecule has 43 heavy (non-hydrogen) atoms. The van der Waals surface area contributed by atoms with Crippen molar-refractivity contribution in [2.75, 3.05) is 64.8 Å². The van der Waals surface area contributed by atoms with Crippen LogP contribution >= 0.6 is 11.6 Å². The average molecular weight is 604 g/mol. The summed E-state index contributed by atoms with van der Waals surface area (Å²) in [6.45, 7) is 7.25. The molecule has 0 saturated carbocycles. The second-order valence-corrected chi connectivity index (χ2v) is 12.6. The van der Waals surface area contributed by atoms with Crippen LogP contribution in [0.4, 0.5) is 11.5 Å². The van der Waals surface area contributed by atoms with E-state index in [0.29, 0.717) is 35.3 Å². The number of pyridine rings is 1. The largest absolute Gasteiger partial charge is 0.485 e. The number of halogens is 1. The lowest BCUT2D eigenvalue weighted by Gasteiger charge is -2.47. The Morgan fingerprint density at radius 3 is 2.77 bits per heavy atom. The number of amides is 1. The van der Waals surface area contributed by atoms with Crippen molar-refractivity contribution >= 4 is 29.0 Å². The van der Waals surface area contributed by atoms with Crippen molar-refractivity contribution in [2.24, 2.45) is 0 Å². The number of rotatable bonds is 8. The molecule has 2 aromatic rings. The van der Waals surface area contributed by atoms with Gasteiger partial charge in [0, 0.05) is 69.7 Å². The van der Waals surface area contributed by atoms with Gasteiger partial charge in [0.15, 0.2) is 5.75 Å². The molecule has 0 spiro atoms. The monoisotopic (exact) mass is 603 g/mol. The lowest BCUT2D eigenvalue weighted by atomic mass is 9.87. The van der Waals surface area contributed by atoms with E-state index in [2.05, 4.69) is 39.2 Å². The number of hydrogen-bond acceptors (Lipinski definition) is 7. The SMILES string of the molecule is C#CCCN(C)C/C=C/C(=O)N1CC(N2CCC(c3cc(Cl)c4c(c3)Nc3nccc(C5CCOCC5)c3CO4)CC2)C1. The summed E-state index contributed by atoms with van der Waals surface area (Å²) in [5.41, 5.74) is 4.55. The van der Waals surface area contributed by atoms with Crippen LogP contribution in [0.25, 0.3) is 0 Å². The van der Waals surface area contributed by atoms with Gasteiger partial charge in [-0.05, 0) is 87.0 Å². The Kier molecular flexibility index (Phi) is 9.54. The maximum absolute atomic E-state index is 12.6. The van der Waals surface area contributed by atoms with Crippen LogP contribution in [-0.4, -0.2) is 91.2 Å². The number of piperidine rings is 1. The van der Waals surface area contributed by atoms with Gasteiger partial charge in [0.25, 0.3) is 0 Å². The molecule has 1 N–H and O–H groups in total. The van der Waals surface area contributed by atoms with Gasteiger partial charge in [-0.1, -0.05) is 17.7 Å². The Morgan fingerprint density at radius 2 is 2.00 bits per heavy atom. The molecule has 0 bridgehead atoms. The van der Waals surface area contributed by atoms with Crippen molar-refractivity contribution in [3.63, 3.8) is 0 Å². The number of anilines is 2. The topological polar surface area (TPSA) is 70.2 Å². The number of nitrogens with one attached hydrogen (secondary N) is 1. The highest BCUT2D eigenvalue weighted by atomic mass is 35.5. The number of benzene rings is 1. The quantitative estimate of drug-likeness (QED) is 0.330. The van der Waals surface area contributed by atoms with E-state index in [9.17, 15) is 4.79 Å². The fourth-order valence-corrected chi connectivity index (χ4v) is 7.05. The van der Waals surface area contributed by atoms with Crippen LogP contribution in [-0.2, 0) is 16.1 Å². The van der Waals surface area contributed by atoms with Gasteiger partial charge < -0.3 is 24.6 Å². The van der Waals surface area contributed by atoms with Crippen molar-refractivity contribution in [1.82, 2.24) is 19.7 Å². The van der Waals surface area contributed by atoms with Gasteiger partial charge in [0.05, 0.1) is 10.7 Å². The Balaban J connectivity index is 1.03. The van der Waals surface area contributed by atoms with E-state index < -0.39 is 0 Å². The number of ether oxygens (including phenoxy) is 2. The Morgan fingerprint density at radius 1 is 1.21 bits per heavy atom. The van der Waals surface area contributed by atoms with Crippen LogP contribution in [0.2, 0.25) is 5.02 Å². The van der Waals surface area contributed by atoms with Gasteiger partial charge >= 0.3 is 0 Å². The highest BCUT2D eigenvalue weighted by Crippen LogP contribution is 2.44. The fraction of sp³-hybridized carbons (Fsp3) is 0.529. The molecule has 0 aliphatic carbocycles. The molecule has 0 unspecified atom stereocenters. The summed E-state index contributed by atoms with van der Waals surface area (Å²) in [4.78, 5) is 23.9. The third kappa shape index (κ3) is 6.86. The first-order valence-corrected chi connectivity index (χ1v) is 16.0. The summed E-state index contributed by atoms with van der Waals surface area (Å²) < 4.78 is 11.9. The molecule has 1 amide bonds. The number of likely N-dealkylation sites (N-methyl/N-ethyl adjacent to an activating group) is 1. The predicted octanol–water partition coefficient (Wildman–Crippen LogP) is 5.17. The van der Waals surface area contributed by atoms with E-state index in [1.54, 1.807) is 6.08 Å². The third-order valence-electron chi connectivity index (χ3n) is 9.44. The number of hydrogen-bond donors (Lipinski definition) is 1. The molecule has 4 aliphatic rings. The molecule has 0 radical (unpaired) electrons. The minimum Gasteiger partial charge on any atom is -0.485 e. The molecular formula is C34H42ClN5O3. The zero-order valence-electron chi connectivity index (χ0n) is 25.1. The molecule has 6 rings (SSSR count). The highest BCUT2D eigenvalue weighted by Gasteiger charge is 2.36. The van der Waals surface area contributed by atoms with Gasteiger partial charge in [0.2, 0.25) is 5.91 Å². The van der Waals surface area contributed by atoms with Crippen molar-refractivity contribution in [3.05, 3.63) is 58.3 Å². The Bertz CT molecular complexity index is 1370. The number of carbonyl (C=O) groups excluding carboxylic acids is 1. The lowest BCUT2D eigenvalue weighted by molar-refractivity contribution is -0.133. The number of fused-ring (bicyclic) bond motifs is 2. The zero-order chi connectivity index (χ0) is 29.8. The second kappa shape index (κ2) is 13.7. The third-order valence-corrected chi connectivity index (χ3v) is 9.72. The number of aromatic nitrogens is 1. The molecule has 5 heterocycles. The minimum absolute atomic E-state index is 0.0989. The van der Waals surface area contributed by atoms with Crippen LogP contribution in [0.5, 0.6) is 5.75 Å². The first kappa shape index (κ1) is 30.0. The first-order valence-electron chi connectivity index (χ1n) is 15.6. The minimum atomic E-state index is 0.0989. The molecule has 8 nitrogen and oxygen atoms in total. The van der Waals surface area contributed by atoms with E-state index in [4.69, 9.17) is 32.5 Å². The molecule has 0 atom stereocenters. The van der Waals surface area contributed by atoms with E-state index in [1.807, 2.05) is 24.2 Å². The average Bonchev–Trinajstić information content (AvgIpc) is 3.20. The number of terminal acetylenes is 1. The van der Waals surface area contributed by atoms with E-state index in [0.717, 1.165) is 102 Å². The zero-order valence-corrected chi connectivity index (χ0v) is 25.8. The summed E-state index contributed by atoms with van der Waals surface area (Å²) in [6, 6.07) is 6.87. The number of carbonyl (C=O) groups is 1. The highest BCUT2D eigenvalue weighted by molar-refractivity contribution is 6.32. The molecule has 4 aliphatic heterocycles. The van der Waals surface area contributed by atoms with E-state index >= 15 is 0 Å². The van der Waals surface area contributed by atoms with Gasteiger partial charge in [0.1, 0.15) is 12.4 Å². The molecule has 228 valence electrons. The van der Waals surface area contributed by atoms with Crippen LogP contribution in [0.3, 0.4) is 0 Å². The maximum atomic E-state index is 12.6. The smallest absolute Gasteiger partial charge is 0.246 e. The normalized spacial score (nSPS) is 20.1. The van der Waals surface area contributed by atoms with Gasteiger partial charge in [-0.2, -0.15) is 0 Å². The summed E-state index contributed by atoms with van der Waals surface area (Å²) in [7, 11) is 2.01. The van der Waals surface area contributed by atoms with Gasteiger partial charge in [-0.25, -0.2) is 4.98 Å². The van der Waals surface area contributed by atoms with E-state index in [1.165, 1.54) is 11.1 Å². The van der Waals surface area contributed by atoms with Crippen molar-refractivity contribution in [2.45, 2.75) is 56.6 Å². The maximum Gasteiger partial charge on any atom is 0.246 e. The van der Waals surface area contributed by atoms with Crippen molar-refractivity contribution < 1.29 is 14.3 Å². The molecule has 9 heteroatoms. The van der Waals surface area contributed by atoms with Crippen LogP contribution in [0.1, 0.15) is 60.6 Å². The van der Waals surface area contributed by atoms with Gasteiger partial charge in [-0.15, -0.1) is 12.3 Å². The number of nitrogens with zero attached hydrogens (tertiary/aromatic N) is 4. The number of likely N-dealkylation sites (tertiary alicyclic amines) is 2. The van der Waals surface area contributed by atoms with Crippen molar-refractivity contribution in [3.8, 4) is 18.1 Å². The Hall–Kier alpha value is -3.09. The lowest BCUT2D eigenvalue weighted by Crippen LogP contribution is -2.61.